The van der Waals surface area contributed by atoms with E-state index in [1.807, 2.05) is 13.8 Å². The summed E-state index contributed by atoms with van der Waals surface area (Å²) in [6, 6.07) is 5.34. The molecule has 0 saturated heterocycles. The lowest BCUT2D eigenvalue weighted by Crippen LogP contribution is -2.03. The van der Waals surface area contributed by atoms with E-state index in [1.54, 1.807) is 18.2 Å². The summed E-state index contributed by atoms with van der Waals surface area (Å²) in [5.41, 5.74) is 0.867. The molecular formula is C13H13BrClN3O. The third-order valence-electron chi connectivity index (χ3n) is 2.48. The maximum atomic E-state index is 5.90. The molecule has 0 atom stereocenters. The Balaban J connectivity index is 2.30. The molecule has 0 saturated carbocycles. The van der Waals surface area contributed by atoms with Crippen LogP contribution >= 0.6 is 27.5 Å². The summed E-state index contributed by atoms with van der Waals surface area (Å²) in [4.78, 5) is 8.32. The number of rotatable bonds is 4. The van der Waals surface area contributed by atoms with Crippen molar-refractivity contribution >= 4 is 33.3 Å². The Hall–Kier alpha value is -1.33. The maximum absolute atomic E-state index is 5.90. The van der Waals surface area contributed by atoms with Gasteiger partial charge in [0.1, 0.15) is 17.9 Å². The maximum Gasteiger partial charge on any atom is 0.227 e. The van der Waals surface area contributed by atoms with Gasteiger partial charge >= 0.3 is 0 Å². The van der Waals surface area contributed by atoms with E-state index in [0.29, 0.717) is 16.7 Å². The van der Waals surface area contributed by atoms with Crippen LogP contribution in [0.1, 0.15) is 12.5 Å². The third-order valence-corrected chi connectivity index (χ3v) is 3.34. The highest BCUT2D eigenvalue weighted by atomic mass is 79.9. The normalized spacial score (nSPS) is 10.3. The molecule has 0 aliphatic carbocycles. The van der Waals surface area contributed by atoms with Crippen molar-refractivity contribution in [1.29, 1.82) is 0 Å². The molecule has 0 aliphatic heterocycles. The monoisotopic (exact) mass is 341 g/mol. The molecule has 0 amide bonds. The highest BCUT2D eigenvalue weighted by Gasteiger charge is 2.10. The van der Waals surface area contributed by atoms with E-state index < -0.39 is 0 Å². The van der Waals surface area contributed by atoms with Crippen LogP contribution in [0, 0.1) is 6.92 Å². The van der Waals surface area contributed by atoms with Crippen LogP contribution in [0.25, 0.3) is 0 Å². The third kappa shape index (κ3) is 3.36. The van der Waals surface area contributed by atoms with Crippen LogP contribution in [0.2, 0.25) is 5.02 Å². The number of anilines is 1. The quantitative estimate of drug-likeness (QED) is 0.893. The zero-order valence-corrected chi connectivity index (χ0v) is 12.9. The molecule has 19 heavy (non-hydrogen) atoms. The zero-order chi connectivity index (χ0) is 13.8. The van der Waals surface area contributed by atoms with Gasteiger partial charge in [0.05, 0.1) is 10.0 Å². The predicted octanol–water partition coefficient (Wildman–Crippen LogP) is 4.43. The highest BCUT2D eigenvalue weighted by Crippen LogP contribution is 2.33. The first-order valence-corrected chi connectivity index (χ1v) is 6.97. The van der Waals surface area contributed by atoms with Gasteiger partial charge < -0.3 is 10.1 Å². The van der Waals surface area contributed by atoms with Crippen LogP contribution in [-0.4, -0.2) is 16.5 Å². The number of hydrogen-bond acceptors (Lipinski definition) is 4. The minimum Gasteiger partial charge on any atom is -0.437 e. The van der Waals surface area contributed by atoms with Crippen molar-refractivity contribution in [3.63, 3.8) is 0 Å². The SMILES string of the molecule is CCNc1ncnc(Oc2ccc(Cl)cc2Br)c1C. The summed E-state index contributed by atoms with van der Waals surface area (Å²) in [5, 5.41) is 3.81. The molecule has 0 unspecified atom stereocenters. The molecular weight excluding hydrogens is 330 g/mol. The summed E-state index contributed by atoms with van der Waals surface area (Å²) >= 11 is 9.31. The van der Waals surface area contributed by atoms with Gasteiger partial charge in [-0.25, -0.2) is 9.97 Å². The van der Waals surface area contributed by atoms with Gasteiger partial charge in [-0.2, -0.15) is 0 Å². The first kappa shape index (κ1) is 14.1. The van der Waals surface area contributed by atoms with Gasteiger partial charge in [-0.1, -0.05) is 11.6 Å². The van der Waals surface area contributed by atoms with Crippen molar-refractivity contribution in [2.24, 2.45) is 0 Å². The van der Waals surface area contributed by atoms with E-state index in [-0.39, 0.29) is 0 Å². The van der Waals surface area contributed by atoms with E-state index in [0.717, 1.165) is 22.4 Å². The lowest BCUT2D eigenvalue weighted by Gasteiger charge is -2.12. The Morgan fingerprint density at radius 2 is 2.16 bits per heavy atom. The molecule has 0 bridgehead atoms. The summed E-state index contributed by atoms with van der Waals surface area (Å²) in [6.07, 6.45) is 1.48. The van der Waals surface area contributed by atoms with E-state index in [2.05, 4.69) is 31.2 Å². The van der Waals surface area contributed by atoms with Gasteiger partial charge in [0.2, 0.25) is 5.88 Å². The zero-order valence-electron chi connectivity index (χ0n) is 10.6. The fourth-order valence-corrected chi connectivity index (χ4v) is 2.31. The molecule has 1 heterocycles. The minimum atomic E-state index is 0.522. The number of hydrogen-bond donors (Lipinski definition) is 1. The second-order valence-electron chi connectivity index (χ2n) is 3.86. The van der Waals surface area contributed by atoms with Gasteiger partial charge in [0.25, 0.3) is 0 Å². The molecule has 2 rings (SSSR count). The van der Waals surface area contributed by atoms with Crippen LogP contribution in [0.5, 0.6) is 11.6 Å². The smallest absolute Gasteiger partial charge is 0.227 e. The molecule has 1 N–H and O–H groups in total. The summed E-state index contributed by atoms with van der Waals surface area (Å²) in [5.74, 6) is 1.96. The molecule has 1 aromatic carbocycles. The van der Waals surface area contributed by atoms with E-state index in [1.165, 1.54) is 6.33 Å². The molecule has 0 spiro atoms. The van der Waals surface area contributed by atoms with Crippen LogP contribution in [0.3, 0.4) is 0 Å². The largest absolute Gasteiger partial charge is 0.437 e. The number of aromatic nitrogens is 2. The van der Waals surface area contributed by atoms with Crippen LogP contribution < -0.4 is 10.1 Å². The average Bonchev–Trinajstić information content (AvgIpc) is 2.37. The molecule has 6 heteroatoms. The topological polar surface area (TPSA) is 47.0 Å². The molecule has 1 aromatic heterocycles. The van der Waals surface area contributed by atoms with E-state index >= 15 is 0 Å². The standard InChI is InChI=1S/C13H13BrClN3O/c1-3-16-12-8(2)13(18-7-17-12)19-11-5-4-9(15)6-10(11)14/h4-7H,3H2,1-2H3,(H,16,17,18). The summed E-state index contributed by atoms with van der Waals surface area (Å²) < 4.78 is 6.57. The Bertz CT molecular complexity index is 592. The van der Waals surface area contributed by atoms with Crippen LogP contribution in [-0.2, 0) is 0 Å². The minimum absolute atomic E-state index is 0.522. The van der Waals surface area contributed by atoms with Crippen LogP contribution in [0.4, 0.5) is 5.82 Å². The second kappa shape index (κ2) is 6.21. The van der Waals surface area contributed by atoms with Crippen molar-refractivity contribution in [3.05, 3.63) is 39.6 Å². The fraction of sp³-hybridized carbons (Fsp3) is 0.231. The number of nitrogens with zero attached hydrogens (tertiary/aromatic N) is 2. The highest BCUT2D eigenvalue weighted by molar-refractivity contribution is 9.10. The molecule has 0 aliphatic rings. The number of ether oxygens (including phenoxy) is 1. The van der Waals surface area contributed by atoms with Crippen molar-refractivity contribution in [2.45, 2.75) is 13.8 Å². The Morgan fingerprint density at radius 1 is 1.37 bits per heavy atom. The van der Waals surface area contributed by atoms with Crippen molar-refractivity contribution < 1.29 is 4.74 Å². The number of nitrogens with one attached hydrogen (secondary N) is 1. The van der Waals surface area contributed by atoms with Gasteiger partial charge in [0, 0.05) is 11.6 Å². The first-order valence-electron chi connectivity index (χ1n) is 5.80. The Morgan fingerprint density at radius 3 is 2.84 bits per heavy atom. The first-order chi connectivity index (χ1) is 9.11. The van der Waals surface area contributed by atoms with Crippen molar-refractivity contribution in [3.8, 4) is 11.6 Å². The van der Waals surface area contributed by atoms with Gasteiger partial charge in [-0.3, -0.25) is 0 Å². The molecule has 0 radical (unpaired) electrons. The fourth-order valence-electron chi connectivity index (χ4n) is 1.54. The average molecular weight is 343 g/mol. The molecule has 100 valence electrons. The lowest BCUT2D eigenvalue weighted by molar-refractivity contribution is 0.455. The van der Waals surface area contributed by atoms with E-state index in [9.17, 15) is 0 Å². The summed E-state index contributed by atoms with van der Waals surface area (Å²) in [6.45, 7) is 4.72. The molecule has 4 nitrogen and oxygen atoms in total. The van der Waals surface area contributed by atoms with Gasteiger partial charge in [0.15, 0.2) is 0 Å². The van der Waals surface area contributed by atoms with Crippen LogP contribution in [0.15, 0.2) is 29.0 Å². The number of benzene rings is 1. The van der Waals surface area contributed by atoms with E-state index in [4.69, 9.17) is 16.3 Å². The Labute approximate surface area is 125 Å². The number of halogens is 2. The van der Waals surface area contributed by atoms with Gasteiger partial charge in [-0.15, -0.1) is 0 Å². The molecule has 2 aromatic rings. The van der Waals surface area contributed by atoms with Crippen molar-refractivity contribution in [2.75, 3.05) is 11.9 Å². The summed E-state index contributed by atoms with van der Waals surface area (Å²) in [7, 11) is 0. The second-order valence-corrected chi connectivity index (χ2v) is 5.15. The Kier molecular flexibility index (Phi) is 4.61. The lowest BCUT2D eigenvalue weighted by atomic mass is 10.3. The van der Waals surface area contributed by atoms with Gasteiger partial charge in [-0.05, 0) is 48.0 Å². The predicted molar refractivity (Wildman–Crippen MR) is 80.2 cm³/mol. The molecule has 0 fully saturated rings. The van der Waals surface area contributed by atoms with Crippen molar-refractivity contribution in [1.82, 2.24) is 9.97 Å².